The summed E-state index contributed by atoms with van der Waals surface area (Å²) >= 11 is 3.35. The minimum atomic E-state index is -0.562. The third-order valence-electron chi connectivity index (χ3n) is 3.82. The van der Waals surface area contributed by atoms with Gasteiger partial charge in [-0.05, 0) is 29.3 Å². The van der Waals surface area contributed by atoms with Crippen LogP contribution < -0.4 is 0 Å². The number of hydrogen-bond donors (Lipinski definition) is 0. The molecule has 3 rings (SSSR count). The first kappa shape index (κ1) is 18.1. The van der Waals surface area contributed by atoms with Crippen molar-refractivity contribution in [1.29, 1.82) is 0 Å². The van der Waals surface area contributed by atoms with Gasteiger partial charge in [-0.3, -0.25) is 4.79 Å². The van der Waals surface area contributed by atoms with Gasteiger partial charge in [0.05, 0.1) is 12.3 Å². The van der Waals surface area contributed by atoms with Crippen LogP contribution in [0, 0.1) is 0 Å². The maximum absolute atomic E-state index is 12.2. The van der Waals surface area contributed by atoms with Gasteiger partial charge in [-0.25, -0.2) is 9.80 Å². The molecule has 0 N–H and O–H groups in total. The lowest BCUT2D eigenvalue weighted by atomic mass is 10.1. The predicted octanol–water partition coefficient (Wildman–Crippen LogP) is 3.64. The van der Waals surface area contributed by atoms with E-state index in [2.05, 4.69) is 21.0 Å². The van der Waals surface area contributed by atoms with Gasteiger partial charge in [0.2, 0.25) is 0 Å². The van der Waals surface area contributed by atoms with Crippen molar-refractivity contribution >= 4 is 39.6 Å². The first-order chi connectivity index (χ1) is 12.6. The molecule has 0 radical (unpaired) electrons. The molecule has 0 fully saturated rings. The minimum absolute atomic E-state index is 0.324. The van der Waals surface area contributed by atoms with E-state index in [-0.39, 0.29) is 12.5 Å². The SMILES string of the molecule is O=C(/C=C/c1ccc(Br)cc1)OCC(=O)N1CCC(c2ccccc2)=N1. The van der Waals surface area contributed by atoms with Gasteiger partial charge in [-0.1, -0.05) is 58.4 Å². The molecule has 0 aromatic heterocycles. The number of rotatable bonds is 5. The van der Waals surface area contributed by atoms with Crippen LogP contribution in [0.1, 0.15) is 17.5 Å². The van der Waals surface area contributed by atoms with E-state index in [1.807, 2.05) is 54.6 Å². The Morgan fingerprint density at radius 2 is 1.85 bits per heavy atom. The standard InChI is InChI=1S/C20H17BrN2O3/c21-17-9-6-15(7-10-17)8-11-20(25)26-14-19(24)23-13-12-18(22-23)16-4-2-1-3-5-16/h1-11H,12-14H2/b11-8+. The summed E-state index contributed by atoms with van der Waals surface area (Å²) in [5, 5.41) is 5.68. The molecule has 0 saturated carbocycles. The number of ether oxygens (including phenoxy) is 1. The van der Waals surface area contributed by atoms with Gasteiger partial charge in [0.15, 0.2) is 6.61 Å². The quantitative estimate of drug-likeness (QED) is 0.556. The molecule has 0 aliphatic carbocycles. The van der Waals surface area contributed by atoms with Crippen LogP contribution in [-0.4, -0.2) is 35.7 Å². The zero-order chi connectivity index (χ0) is 18.4. The first-order valence-electron chi connectivity index (χ1n) is 8.15. The highest BCUT2D eigenvalue weighted by Crippen LogP contribution is 2.14. The molecule has 1 aliphatic rings. The summed E-state index contributed by atoms with van der Waals surface area (Å²) in [6.07, 6.45) is 3.63. The van der Waals surface area contributed by atoms with Crippen molar-refractivity contribution in [3.63, 3.8) is 0 Å². The van der Waals surface area contributed by atoms with Crippen LogP contribution in [0.15, 0.2) is 70.2 Å². The Kier molecular flexibility index (Phi) is 5.96. The monoisotopic (exact) mass is 412 g/mol. The molecule has 0 bridgehead atoms. The van der Waals surface area contributed by atoms with Gasteiger partial charge < -0.3 is 4.74 Å². The largest absolute Gasteiger partial charge is 0.452 e. The molecule has 0 atom stereocenters. The van der Waals surface area contributed by atoms with Crippen molar-refractivity contribution in [3.8, 4) is 0 Å². The molecule has 1 heterocycles. The number of esters is 1. The molecule has 26 heavy (non-hydrogen) atoms. The van der Waals surface area contributed by atoms with Gasteiger partial charge in [-0.15, -0.1) is 0 Å². The first-order valence-corrected chi connectivity index (χ1v) is 8.95. The van der Waals surface area contributed by atoms with E-state index < -0.39 is 5.97 Å². The summed E-state index contributed by atoms with van der Waals surface area (Å²) in [7, 11) is 0. The third kappa shape index (κ3) is 4.89. The van der Waals surface area contributed by atoms with E-state index in [1.165, 1.54) is 11.1 Å². The van der Waals surface area contributed by atoms with Crippen LogP contribution in [-0.2, 0) is 14.3 Å². The highest BCUT2D eigenvalue weighted by Gasteiger charge is 2.22. The maximum atomic E-state index is 12.2. The molecule has 1 amide bonds. The summed E-state index contributed by atoms with van der Waals surface area (Å²) in [5.41, 5.74) is 2.73. The normalized spacial score (nSPS) is 13.7. The molecule has 0 unspecified atom stereocenters. The van der Waals surface area contributed by atoms with Gasteiger partial charge >= 0.3 is 5.97 Å². The number of nitrogens with zero attached hydrogens (tertiary/aromatic N) is 2. The Balaban J connectivity index is 1.50. The number of amides is 1. The molecule has 0 spiro atoms. The Hall–Kier alpha value is -2.73. The van der Waals surface area contributed by atoms with Crippen molar-refractivity contribution in [3.05, 3.63) is 76.3 Å². The van der Waals surface area contributed by atoms with E-state index in [9.17, 15) is 9.59 Å². The topological polar surface area (TPSA) is 59.0 Å². The van der Waals surface area contributed by atoms with Crippen LogP contribution >= 0.6 is 15.9 Å². The number of hydrogen-bond acceptors (Lipinski definition) is 4. The number of carbonyl (C=O) groups excluding carboxylic acids is 2. The maximum Gasteiger partial charge on any atom is 0.331 e. The summed E-state index contributed by atoms with van der Waals surface area (Å²) in [6, 6.07) is 17.2. The summed E-state index contributed by atoms with van der Waals surface area (Å²) < 4.78 is 5.97. The molecule has 1 aliphatic heterocycles. The van der Waals surface area contributed by atoms with Crippen molar-refractivity contribution < 1.29 is 14.3 Å². The van der Waals surface area contributed by atoms with Crippen molar-refractivity contribution in [1.82, 2.24) is 5.01 Å². The van der Waals surface area contributed by atoms with Crippen LogP contribution in [0.25, 0.3) is 6.08 Å². The van der Waals surface area contributed by atoms with Crippen LogP contribution in [0.5, 0.6) is 0 Å². The van der Waals surface area contributed by atoms with Crippen molar-refractivity contribution in [2.24, 2.45) is 5.10 Å². The average molecular weight is 413 g/mol. The van der Waals surface area contributed by atoms with Crippen LogP contribution in [0.3, 0.4) is 0 Å². The summed E-state index contributed by atoms with van der Waals surface area (Å²) in [4.78, 5) is 23.9. The molecule has 0 saturated heterocycles. The van der Waals surface area contributed by atoms with Crippen LogP contribution in [0.2, 0.25) is 0 Å². The Labute approximate surface area is 160 Å². The Morgan fingerprint density at radius 3 is 2.58 bits per heavy atom. The number of halogens is 1. The van der Waals surface area contributed by atoms with Gasteiger partial charge in [0.25, 0.3) is 5.91 Å². The minimum Gasteiger partial charge on any atom is -0.452 e. The lowest BCUT2D eigenvalue weighted by Crippen LogP contribution is -2.28. The second-order valence-electron chi connectivity index (χ2n) is 5.67. The smallest absolute Gasteiger partial charge is 0.331 e. The molecule has 2 aromatic rings. The number of hydrazone groups is 1. The van der Waals surface area contributed by atoms with E-state index in [4.69, 9.17) is 4.74 Å². The lowest BCUT2D eigenvalue weighted by Gasteiger charge is -2.10. The molecular formula is C20H17BrN2O3. The molecule has 132 valence electrons. The molecular weight excluding hydrogens is 396 g/mol. The summed E-state index contributed by atoms with van der Waals surface area (Å²) in [5.74, 6) is -0.894. The number of carbonyl (C=O) groups is 2. The fourth-order valence-corrected chi connectivity index (χ4v) is 2.73. The van der Waals surface area contributed by atoms with Crippen molar-refractivity contribution in [2.45, 2.75) is 6.42 Å². The number of benzene rings is 2. The second-order valence-corrected chi connectivity index (χ2v) is 6.59. The van der Waals surface area contributed by atoms with E-state index >= 15 is 0 Å². The zero-order valence-electron chi connectivity index (χ0n) is 14.0. The van der Waals surface area contributed by atoms with E-state index in [0.29, 0.717) is 13.0 Å². The fourth-order valence-electron chi connectivity index (χ4n) is 2.46. The second kappa shape index (κ2) is 8.58. The van der Waals surface area contributed by atoms with Gasteiger partial charge in [-0.2, -0.15) is 5.10 Å². The lowest BCUT2D eigenvalue weighted by molar-refractivity contribution is -0.147. The predicted molar refractivity (Wildman–Crippen MR) is 103 cm³/mol. The molecule has 2 aromatic carbocycles. The Morgan fingerprint density at radius 1 is 1.12 bits per heavy atom. The molecule has 6 heteroatoms. The van der Waals surface area contributed by atoms with E-state index in [0.717, 1.165) is 21.3 Å². The van der Waals surface area contributed by atoms with Crippen molar-refractivity contribution in [2.75, 3.05) is 13.2 Å². The molecule has 5 nitrogen and oxygen atoms in total. The highest BCUT2D eigenvalue weighted by atomic mass is 79.9. The average Bonchev–Trinajstić information content (AvgIpc) is 3.17. The zero-order valence-corrected chi connectivity index (χ0v) is 15.6. The van der Waals surface area contributed by atoms with E-state index in [1.54, 1.807) is 6.08 Å². The van der Waals surface area contributed by atoms with Gasteiger partial charge in [0, 0.05) is 17.0 Å². The highest BCUT2D eigenvalue weighted by molar-refractivity contribution is 9.10. The van der Waals surface area contributed by atoms with Gasteiger partial charge in [0.1, 0.15) is 0 Å². The van der Waals surface area contributed by atoms with Crippen LogP contribution in [0.4, 0.5) is 0 Å². The third-order valence-corrected chi connectivity index (χ3v) is 4.35. The Bertz CT molecular complexity index is 845. The fraction of sp³-hybridized carbons (Fsp3) is 0.150. The summed E-state index contributed by atoms with van der Waals surface area (Å²) in [6.45, 7) is 0.171.